The van der Waals surface area contributed by atoms with Crippen LogP contribution in [0.2, 0.25) is 0 Å². The van der Waals surface area contributed by atoms with E-state index in [0.717, 1.165) is 0 Å². The highest BCUT2D eigenvalue weighted by atomic mass is 32.2. The van der Waals surface area contributed by atoms with Crippen LogP contribution < -0.4 is 14.8 Å². The first-order valence-corrected chi connectivity index (χ1v) is 14.1. The van der Waals surface area contributed by atoms with Crippen molar-refractivity contribution in [2.75, 3.05) is 17.1 Å². The van der Waals surface area contributed by atoms with Gasteiger partial charge in [0.2, 0.25) is 0 Å². The molecule has 5 rings (SSSR count). The van der Waals surface area contributed by atoms with Crippen LogP contribution in [0.3, 0.4) is 0 Å². The number of azo groups is 1. The number of phenolic OH excluding ortho intramolecular Hbond substituents is 1. The van der Waals surface area contributed by atoms with Gasteiger partial charge < -0.3 is 15.2 Å². The van der Waals surface area contributed by atoms with Crippen molar-refractivity contribution < 1.29 is 28.0 Å². The first-order chi connectivity index (χ1) is 20.7. The number of rotatable bonds is 9. The largest absolute Gasteiger partial charge is 0.505 e. The lowest BCUT2D eigenvalue weighted by atomic mass is 10.0. The molecule has 5 aromatic carbocycles. The number of nitro groups is 1. The minimum absolute atomic E-state index is 0.0373. The average molecular weight is 598 g/mol. The summed E-state index contributed by atoms with van der Waals surface area (Å²) in [5, 5.41) is 34.2. The molecule has 0 aliphatic carbocycles. The second-order valence-corrected chi connectivity index (χ2v) is 10.8. The van der Waals surface area contributed by atoms with E-state index in [0.29, 0.717) is 16.5 Å². The zero-order valence-corrected chi connectivity index (χ0v) is 23.3. The minimum Gasteiger partial charge on any atom is -0.505 e. The summed E-state index contributed by atoms with van der Waals surface area (Å²) in [7, 11) is -2.60. The molecule has 3 N–H and O–H groups in total. The number of carbonyl (C=O) groups excluding carboxylic acids is 1. The van der Waals surface area contributed by atoms with Gasteiger partial charge in [0, 0.05) is 28.9 Å². The summed E-state index contributed by atoms with van der Waals surface area (Å²) < 4.78 is 33.9. The molecule has 0 saturated carbocycles. The summed E-state index contributed by atoms with van der Waals surface area (Å²) in [6.45, 7) is 0. The molecule has 0 aromatic heterocycles. The number of carbonyl (C=O) groups is 1. The van der Waals surface area contributed by atoms with Crippen molar-refractivity contribution in [1.82, 2.24) is 0 Å². The monoisotopic (exact) mass is 597 g/mol. The van der Waals surface area contributed by atoms with Gasteiger partial charge in [-0.3, -0.25) is 19.6 Å². The predicted octanol–water partition coefficient (Wildman–Crippen LogP) is 6.93. The number of nitrogens with zero attached hydrogens (tertiary/aromatic N) is 3. The highest BCUT2D eigenvalue weighted by Gasteiger charge is 2.20. The van der Waals surface area contributed by atoms with Crippen LogP contribution in [-0.2, 0) is 10.0 Å². The third-order valence-electron chi connectivity index (χ3n) is 6.32. The molecule has 0 atom stereocenters. The van der Waals surface area contributed by atoms with Gasteiger partial charge in [-0.25, -0.2) is 8.42 Å². The van der Waals surface area contributed by atoms with Crippen LogP contribution >= 0.6 is 0 Å². The highest BCUT2D eigenvalue weighted by Crippen LogP contribution is 2.41. The second kappa shape index (κ2) is 12.0. The number of para-hydroxylation sites is 1. The molecule has 0 unspecified atom stereocenters. The smallest absolute Gasteiger partial charge is 0.269 e. The maximum absolute atomic E-state index is 13.2. The van der Waals surface area contributed by atoms with Crippen LogP contribution in [0.25, 0.3) is 10.8 Å². The number of aromatic hydroxyl groups is 1. The third-order valence-corrected chi connectivity index (χ3v) is 7.70. The summed E-state index contributed by atoms with van der Waals surface area (Å²) in [6.07, 6.45) is 0. The summed E-state index contributed by atoms with van der Waals surface area (Å²) in [5.74, 6) is -0.945. The first kappa shape index (κ1) is 28.7. The third kappa shape index (κ3) is 6.26. The van der Waals surface area contributed by atoms with E-state index in [1.165, 1.54) is 55.6 Å². The maximum Gasteiger partial charge on any atom is 0.269 e. The Kier molecular flexibility index (Phi) is 7.98. The Hall–Kier alpha value is -5.82. The highest BCUT2D eigenvalue weighted by molar-refractivity contribution is 7.92. The summed E-state index contributed by atoms with van der Waals surface area (Å²) in [5.41, 5.74) is 0.408. The number of phenols is 1. The van der Waals surface area contributed by atoms with E-state index >= 15 is 0 Å². The number of non-ortho nitro benzene ring substituents is 1. The van der Waals surface area contributed by atoms with Gasteiger partial charge in [-0.15, -0.1) is 10.2 Å². The summed E-state index contributed by atoms with van der Waals surface area (Å²) in [6, 6.07) is 26.0. The van der Waals surface area contributed by atoms with Crippen molar-refractivity contribution in [3.63, 3.8) is 0 Å². The van der Waals surface area contributed by atoms with Gasteiger partial charge in [0.25, 0.3) is 21.6 Å². The molecule has 0 aliphatic heterocycles. The standard InChI is InChI=1S/C30H23N5O7S/c1-42-27-16-15-23(43(40,41)34-21-8-3-2-4-9-21)18-26(27)32-33-28-24-10-6-5-7-19(24)17-25(29(28)36)30(37)31-20-11-13-22(14-12-20)35(38)39/h2-18,34,36H,1H3,(H,31,37). The minimum atomic E-state index is -3.99. The fourth-order valence-electron chi connectivity index (χ4n) is 4.20. The molecule has 0 aliphatic rings. The van der Waals surface area contributed by atoms with Gasteiger partial charge in [0.1, 0.15) is 17.1 Å². The maximum atomic E-state index is 13.2. The number of anilines is 2. The number of amides is 1. The normalized spacial score (nSPS) is 11.4. The summed E-state index contributed by atoms with van der Waals surface area (Å²) in [4.78, 5) is 23.4. The number of fused-ring (bicyclic) bond motifs is 1. The number of hydrogen-bond donors (Lipinski definition) is 3. The molecule has 12 nitrogen and oxygen atoms in total. The van der Waals surface area contributed by atoms with E-state index in [9.17, 15) is 28.4 Å². The molecular weight excluding hydrogens is 574 g/mol. The van der Waals surface area contributed by atoms with Gasteiger partial charge in [0.15, 0.2) is 5.75 Å². The number of sulfonamides is 1. The molecule has 0 saturated heterocycles. The van der Waals surface area contributed by atoms with Crippen LogP contribution in [0.15, 0.2) is 118 Å². The van der Waals surface area contributed by atoms with Crippen LogP contribution in [0.5, 0.6) is 11.5 Å². The topological polar surface area (TPSA) is 173 Å². The molecule has 43 heavy (non-hydrogen) atoms. The van der Waals surface area contributed by atoms with Crippen LogP contribution in [0, 0.1) is 10.1 Å². The number of methoxy groups -OCH3 is 1. The van der Waals surface area contributed by atoms with Gasteiger partial charge >= 0.3 is 0 Å². The van der Waals surface area contributed by atoms with Crippen molar-refractivity contribution in [3.8, 4) is 11.5 Å². The van der Waals surface area contributed by atoms with E-state index in [1.54, 1.807) is 54.6 Å². The molecule has 0 bridgehead atoms. The number of benzene rings is 5. The Morgan fingerprint density at radius 2 is 1.58 bits per heavy atom. The lowest BCUT2D eigenvalue weighted by Crippen LogP contribution is -2.12. The van der Waals surface area contributed by atoms with E-state index in [4.69, 9.17) is 4.74 Å². The molecule has 216 valence electrons. The van der Waals surface area contributed by atoms with Crippen molar-refractivity contribution in [2.24, 2.45) is 10.2 Å². The lowest BCUT2D eigenvalue weighted by Gasteiger charge is -2.12. The molecule has 0 fully saturated rings. The quantitative estimate of drug-likeness (QED) is 0.0938. The van der Waals surface area contributed by atoms with Crippen molar-refractivity contribution in [3.05, 3.63) is 119 Å². The zero-order valence-electron chi connectivity index (χ0n) is 22.5. The van der Waals surface area contributed by atoms with Crippen molar-refractivity contribution in [2.45, 2.75) is 4.90 Å². The van der Waals surface area contributed by atoms with Gasteiger partial charge in [0.05, 0.1) is 22.5 Å². The Morgan fingerprint density at radius 1 is 0.884 bits per heavy atom. The molecule has 0 radical (unpaired) electrons. The van der Waals surface area contributed by atoms with Gasteiger partial charge in [-0.1, -0.05) is 42.5 Å². The second-order valence-electron chi connectivity index (χ2n) is 9.11. The van der Waals surface area contributed by atoms with E-state index in [1.807, 2.05) is 0 Å². The average Bonchev–Trinajstić information content (AvgIpc) is 3.00. The van der Waals surface area contributed by atoms with Crippen molar-refractivity contribution in [1.29, 1.82) is 0 Å². The SMILES string of the molecule is COc1ccc(S(=O)(=O)Nc2ccccc2)cc1N=Nc1c(O)c(C(=O)Nc2ccc([N+](=O)[O-])cc2)cc2ccccc12. The van der Waals surface area contributed by atoms with Crippen LogP contribution in [0.1, 0.15) is 10.4 Å². The Balaban J connectivity index is 1.52. The van der Waals surface area contributed by atoms with Gasteiger partial charge in [-0.2, -0.15) is 0 Å². The van der Waals surface area contributed by atoms with E-state index in [-0.39, 0.29) is 39.0 Å². The first-order valence-electron chi connectivity index (χ1n) is 12.6. The zero-order chi connectivity index (χ0) is 30.6. The molecule has 5 aromatic rings. The molecule has 13 heteroatoms. The van der Waals surface area contributed by atoms with Crippen molar-refractivity contribution >= 4 is 55.1 Å². The number of nitro benzene ring substituents is 1. The Morgan fingerprint density at radius 3 is 2.28 bits per heavy atom. The number of hydrogen-bond acceptors (Lipinski definition) is 9. The fraction of sp³-hybridized carbons (Fsp3) is 0.0333. The Labute approximate surface area is 245 Å². The van der Waals surface area contributed by atoms with E-state index in [2.05, 4.69) is 20.3 Å². The number of nitrogens with one attached hydrogen (secondary N) is 2. The van der Waals surface area contributed by atoms with Crippen LogP contribution in [-0.4, -0.2) is 31.5 Å². The summed E-state index contributed by atoms with van der Waals surface area (Å²) >= 11 is 0. The molecule has 1 amide bonds. The number of ether oxygens (including phenoxy) is 1. The van der Waals surface area contributed by atoms with Crippen LogP contribution in [0.4, 0.5) is 28.4 Å². The Bertz CT molecular complexity index is 1980. The predicted molar refractivity (Wildman–Crippen MR) is 161 cm³/mol. The lowest BCUT2D eigenvalue weighted by molar-refractivity contribution is -0.384. The van der Waals surface area contributed by atoms with E-state index < -0.39 is 26.6 Å². The van der Waals surface area contributed by atoms with Gasteiger partial charge in [-0.05, 0) is 53.9 Å². The molecule has 0 spiro atoms. The molecule has 0 heterocycles. The fourth-order valence-corrected chi connectivity index (χ4v) is 5.27. The molecular formula is C30H23N5O7S.